The molecule has 0 spiro atoms. The van der Waals surface area contributed by atoms with Gasteiger partial charge in [-0.05, 0) is 43.2 Å². The van der Waals surface area contributed by atoms with Gasteiger partial charge in [-0.2, -0.15) is 0 Å². The van der Waals surface area contributed by atoms with Crippen LogP contribution in [0.5, 0.6) is 0 Å². The van der Waals surface area contributed by atoms with Crippen LogP contribution in [-0.2, 0) is 19.4 Å². The molecular formula is C21H25NO5S. The van der Waals surface area contributed by atoms with Crippen LogP contribution in [0.25, 0.3) is 0 Å². The molecule has 0 aliphatic rings. The van der Waals surface area contributed by atoms with Gasteiger partial charge in [0, 0.05) is 18.7 Å². The van der Waals surface area contributed by atoms with Crippen molar-refractivity contribution in [3.8, 4) is 0 Å². The van der Waals surface area contributed by atoms with Crippen LogP contribution in [0.3, 0.4) is 0 Å². The standard InChI is InChI=1S/C21H25NO5S/c1-4-16(17-8-6-5-7-9-17)14-22-20(23)15(2)27-21(24)18-10-12-19(13-11-18)28(3,25)26/h5-13,15-16H,4,14H2,1-3H3,(H,22,23)/t15-,16-/m1/s1. The van der Waals surface area contributed by atoms with E-state index in [2.05, 4.69) is 5.32 Å². The molecule has 7 heteroatoms. The average Bonchev–Trinajstić information content (AvgIpc) is 2.68. The van der Waals surface area contributed by atoms with Crippen molar-refractivity contribution < 1.29 is 22.7 Å². The summed E-state index contributed by atoms with van der Waals surface area (Å²) in [6, 6.07) is 15.3. The Morgan fingerprint density at radius 3 is 2.18 bits per heavy atom. The molecule has 0 bridgehead atoms. The first-order chi connectivity index (χ1) is 13.2. The van der Waals surface area contributed by atoms with E-state index >= 15 is 0 Å². The summed E-state index contributed by atoms with van der Waals surface area (Å²) < 4.78 is 28.1. The van der Waals surface area contributed by atoms with Gasteiger partial charge in [0.1, 0.15) is 0 Å². The molecule has 2 atom stereocenters. The average molecular weight is 404 g/mol. The van der Waals surface area contributed by atoms with E-state index in [9.17, 15) is 18.0 Å². The van der Waals surface area contributed by atoms with Crippen LogP contribution in [0.4, 0.5) is 0 Å². The van der Waals surface area contributed by atoms with E-state index in [0.717, 1.165) is 18.2 Å². The summed E-state index contributed by atoms with van der Waals surface area (Å²) in [5.41, 5.74) is 1.32. The van der Waals surface area contributed by atoms with Crippen molar-refractivity contribution in [3.63, 3.8) is 0 Å². The lowest BCUT2D eigenvalue weighted by Crippen LogP contribution is -2.38. The largest absolute Gasteiger partial charge is 0.449 e. The second kappa shape index (κ2) is 9.50. The third-order valence-electron chi connectivity index (χ3n) is 4.46. The first kappa shape index (κ1) is 21.6. The predicted octanol–water partition coefficient (Wildman–Crippen LogP) is 2.95. The summed E-state index contributed by atoms with van der Waals surface area (Å²) in [6.07, 6.45) is 0.993. The van der Waals surface area contributed by atoms with Gasteiger partial charge in [0.2, 0.25) is 0 Å². The number of hydrogen-bond donors (Lipinski definition) is 1. The van der Waals surface area contributed by atoms with Gasteiger partial charge in [-0.1, -0.05) is 37.3 Å². The molecule has 1 amide bonds. The van der Waals surface area contributed by atoms with Gasteiger partial charge in [-0.25, -0.2) is 13.2 Å². The molecule has 6 nitrogen and oxygen atoms in total. The zero-order chi connectivity index (χ0) is 20.7. The molecule has 2 aromatic rings. The molecule has 0 aliphatic heterocycles. The number of carbonyl (C=O) groups excluding carboxylic acids is 2. The summed E-state index contributed by atoms with van der Waals surface area (Å²) in [7, 11) is -3.34. The van der Waals surface area contributed by atoms with E-state index in [1.807, 2.05) is 37.3 Å². The molecule has 0 saturated heterocycles. The molecule has 2 aromatic carbocycles. The third-order valence-corrected chi connectivity index (χ3v) is 5.59. The van der Waals surface area contributed by atoms with Crippen molar-refractivity contribution in [1.29, 1.82) is 0 Å². The second-order valence-corrected chi connectivity index (χ2v) is 8.62. The van der Waals surface area contributed by atoms with E-state index < -0.39 is 21.9 Å². The maximum Gasteiger partial charge on any atom is 0.338 e. The van der Waals surface area contributed by atoms with Crippen LogP contribution < -0.4 is 5.32 Å². The van der Waals surface area contributed by atoms with Crippen molar-refractivity contribution in [2.45, 2.75) is 37.2 Å². The Morgan fingerprint density at radius 2 is 1.64 bits per heavy atom. The fraction of sp³-hybridized carbons (Fsp3) is 0.333. The highest BCUT2D eigenvalue weighted by Gasteiger charge is 2.20. The van der Waals surface area contributed by atoms with Gasteiger partial charge < -0.3 is 10.1 Å². The SMILES string of the molecule is CC[C@H](CNC(=O)[C@@H](C)OC(=O)c1ccc(S(C)(=O)=O)cc1)c1ccccc1. The molecule has 0 saturated carbocycles. The molecule has 150 valence electrons. The zero-order valence-corrected chi connectivity index (χ0v) is 17.0. The van der Waals surface area contributed by atoms with E-state index in [0.29, 0.717) is 6.54 Å². The molecule has 1 N–H and O–H groups in total. The van der Waals surface area contributed by atoms with Gasteiger partial charge >= 0.3 is 5.97 Å². The maximum atomic E-state index is 12.3. The van der Waals surface area contributed by atoms with Crippen molar-refractivity contribution in [1.82, 2.24) is 5.32 Å². The third kappa shape index (κ3) is 5.92. The Labute approximate surface area is 165 Å². The lowest BCUT2D eigenvalue weighted by Gasteiger charge is -2.18. The number of hydrogen-bond acceptors (Lipinski definition) is 5. The molecule has 0 aromatic heterocycles. The van der Waals surface area contributed by atoms with Crippen LogP contribution in [0.15, 0.2) is 59.5 Å². The lowest BCUT2D eigenvalue weighted by molar-refractivity contribution is -0.129. The number of benzene rings is 2. The van der Waals surface area contributed by atoms with E-state index in [1.54, 1.807) is 0 Å². The molecule has 0 aliphatic carbocycles. The summed E-state index contributed by atoms with van der Waals surface area (Å²) >= 11 is 0. The molecule has 0 heterocycles. The first-order valence-corrected chi connectivity index (χ1v) is 10.9. The van der Waals surface area contributed by atoms with Crippen molar-refractivity contribution >= 4 is 21.7 Å². The minimum absolute atomic E-state index is 0.112. The molecule has 0 radical (unpaired) electrons. The summed E-state index contributed by atoms with van der Waals surface area (Å²) in [4.78, 5) is 24.6. The fourth-order valence-corrected chi connectivity index (χ4v) is 3.34. The van der Waals surface area contributed by atoms with Gasteiger partial charge in [-0.15, -0.1) is 0 Å². The van der Waals surface area contributed by atoms with Crippen LogP contribution in [0.2, 0.25) is 0 Å². The Hall–Kier alpha value is -2.67. The number of sulfone groups is 1. The summed E-state index contributed by atoms with van der Waals surface area (Å²) in [6.45, 7) is 4.00. The highest BCUT2D eigenvalue weighted by atomic mass is 32.2. The maximum absolute atomic E-state index is 12.3. The number of ether oxygens (including phenoxy) is 1. The summed E-state index contributed by atoms with van der Waals surface area (Å²) in [5.74, 6) is -0.884. The van der Waals surface area contributed by atoms with Gasteiger partial charge in [0.15, 0.2) is 15.9 Å². The number of rotatable bonds is 8. The highest BCUT2D eigenvalue weighted by molar-refractivity contribution is 7.90. The Bertz CT molecular complexity index is 908. The molecule has 0 unspecified atom stereocenters. The second-order valence-electron chi connectivity index (χ2n) is 6.61. The van der Waals surface area contributed by atoms with E-state index in [1.165, 1.54) is 31.2 Å². The van der Waals surface area contributed by atoms with E-state index in [4.69, 9.17) is 4.74 Å². The van der Waals surface area contributed by atoms with Gasteiger partial charge in [-0.3, -0.25) is 4.79 Å². The zero-order valence-electron chi connectivity index (χ0n) is 16.2. The number of nitrogens with one attached hydrogen (secondary N) is 1. The van der Waals surface area contributed by atoms with E-state index in [-0.39, 0.29) is 22.3 Å². The smallest absolute Gasteiger partial charge is 0.338 e. The monoisotopic (exact) mass is 403 g/mol. The number of amides is 1. The summed E-state index contributed by atoms with van der Waals surface area (Å²) in [5, 5.41) is 2.82. The normalized spacial score (nSPS) is 13.4. The lowest BCUT2D eigenvalue weighted by atomic mass is 9.96. The van der Waals surface area contributed by atoms with Crippen molar-refractivity contribution in [2.24, 2.45) is 0 Å². The van der Waals surface area contributed by atoms with Crippen LogP contribution >= 0.6 is 0 Å². The molecule has 28 heavy (non-hydrogen) atoms. The van der Waals surface area contributed by atoms with Crippen LogP contribution in [0, 0.1) is 0 Å². The van der Waals surface area contributed by atoms with Gasteiger partial charge in [0.25, 0.3) is 5.91 Å². The van der Waals surface area contributed by atoms with Crippen LogP contribution in [0.1, 0.15) is 42.1 Å². The Kier molecular flexibility index (Phi) is 7.34. The first-order valence-electron chi connectivity index (χ1n) is 9.06. The molecular weight excluding hydrogens is 378 g/mol. The fourth-order valence-electron chi connectivity index (χ4n) is 2.71. The quantitative estimate of drug-likeness (QED) is 0.685. The topological polar surface area (TPSA) is 89.5 Å². The minimum atomic E-state index is -3.34. The number of carbonyl (C=O) groups is 2. The predicted molar refractivity (Wildman–Crippen MR) is 107 cm³/mol. The Balaban J connectivity index is 1.91. The highest BCUT2D eigenvalue weighted by Crippen LogP contribution is 2.18. The van der Waals surface area contributed by atoms with Crippen LogP contribution in [-0.4, -0.2) is 39.2 Å². The number of esters is 1. The van der Waals surface area contributed by atoms with Gasteiger partial charge in [0.05, 0.1) is 10.5 Å². The van der Waals surface area contributed by atoms with Crippen molar-refractivity contribution in [3.05, 3.63) is 65.7 Å². The Morgan fingerprint density at radius 1 is 1.04 bits per heavy atom. The molecule has 2 rings (SSSR count). The minimum Gasteiger partial charge on any atom is -0.449 e. The van der Waals surface area contributed by atoms with Crippen molar-refractivity contribution in [2.75, 3.05) is 12.8 Å². The molecule has 0 fully saturated rings.